The van der Waals surface area contributed by atoms with Gasteiger partial charge < -0.3 is 0 Å². The van der Waals surface area contributed by atoms with Crippen molar-refractivity contribution >= 4 is 26.0 Å². The van der Waals surface area contributed by atoms with Gasteiger partial charge in [-0.05, 0) is 31.5 Å². The lowest BCUT2D eigenvalue weighted by atomic mass is 10.0. The van der Waals surface area contributed by atoms with E-state index in [1.807, 2.05) is 56.3 Å². The maximum atomic E-state index is 12.8. The van der Waals surface area contributed by atoms with Crippen LogP contribution >= 0.6 is 15.9 Å². The van der Waals surface area contributed by atoms with Crippen LogP contribution in [0.5, 0.6) is 0 Å². The molecule has 0 amide bonds. The van der Waals surface area contributed by atoms with Gasteiger partial charge in [0.2, 0.25) is 10.0 Å². The molecule has 0 spiro atoms. The molecule has 0 saturated carbocycles. The zero-order chi connectivity index (χ0) is 16.0. The van der Waals surface area contributed by atoms with Crippen molar-refractivity contribution in [3.05, 3.63) is 65.7 Å². The molecule has 1 aliphatic heterocycles. The first-order valence-electron chi connectivity index (χ1n) is 7.14. The Balaban J connectivity index is 1.87. The highest BCUT2D eigenvalue weighted by atomic mass is 79.9. The number of rotatable bonds is 4. The fraction of sp³-hybridized carbons (Fsp3) is 0.294. The molecule has 1 fully saturated rings. The van der Waals surface area contributed by atoms with Crippen molar-refractivity contribution in [2.24, 2.45) is 0 Å². The summed E-state index contributed by atoms with van der Waals surface area (Å²) in [6.07, 6.45) is 0. The molecule has 0 radical (unpaired) electrons. The SMILES string of the molecule is Cc1ccc(S(=O)(=O)N2C[C@]2(C)[C@H](Br)c2ccccc2)cc1. The van der Waals surface area contributed by atoms with Gasteiger partial charge >= 0.3 is 0 Å². The summed E-state index contributed by atoms with van der Waals surface area (Å²) in [6, 6.07) is 16.9. The standard InChI is InChI=1S/C17H18BrNO2S/c1-13-8-10-15(11-9-13)22(20,21)19-12-17(19,2)16(18)14-6-4-3-5-7-14/h3-11,16H,12H2,1-2H3/t16-,17-,19?/m1/s1. The molecular formula is C17H18BrNO2S. The van der Waals surface area contributed by atoms with Crippen molar-refractivity contribution < 1.29 is 8.42 Å². The Hall–Kier alpha value is -1.17. The van der Waals surface area contributed by atoms with Crippen molar-refractivity contribution in [2.45, 2.75) is 29.1 Å². The molecule has 1 unspecified atom stereocenters. The van der Waals surface area contributed by atoms with E-state index in [2.05, 4.69) is 15.9 Å². The van der Waals surface area contributed by atoms with Crippen molar-refractivity contribution in [3.63, 3.8) is 0 Å². The van der Waals surface area contributed by atoms with Crippen LogP contribution in [0.25, 0.3) is 0 Å². The molecule has 3 nitrogen and oxygen atoms in total. The predicted molar refractivity (Wildman–Crippen MR) is 91.6 cm³/mol. The summed E-state index contributed by atoms with van der Waals surface area (Å²) in [5, 5.41) is 0. The lowest BCUT2D eigenvalue weighted by molar-refractivity contribution is 0.511. The first-order valence-corrected chi connectivity index (χ1v) is 9.50. The first-order chi connectivity index (χ1) is 10.4. The molecular weight excluding hydrogens is 362 g/mol. The first kappa shape index (κ1) is 15.7. The average molecular weight is 380 g/mol. The Morgan fingerprint density at radius 1 is 1.09 bits per heavy atom. The van der Waals surface area contributed by atoms with Crippen LogP contribution in [0.1, 0.15) is 22.9 Å². The summed E-state index contributed by atoms with van der Waals surface area (Å²) in [4.78, 5) is 0.330. The van der Waals surface area contributed by atoms with Crippen LogP contribution in [0.3, 0.4) is 0 Å². The maximum Gasteiger partial charge on any atom is 0.243 e. The largest absolute Gasteiger partial charge is 0.243 e. The van der Waals surface area contributed by atoms with Gasteiger partial charge in [0.1, 0.15) is 0 Å². The summed E-state index contributed by atoms with van der Waals surface area (Å²) in [6.45, 7) is 4.45. The Labute approximate surface area is 140 Å². The Kier molecular flexibility index (Phi) is 3.91. The average Bonchev–Trinajstić information content (AvgIpc) is 3.22. The van der Waals surface area contributed by atoms with E-state index in [0.29, 0.717) is 11.4 Å². The summed E-state index contributed by atoms with van der Waals surface area (Å²) in [5.41, 5.74) is 1.72. The lowest BCUT2D eigenvalue weighted by Gasteiger charge is -2.19. The molecule has 1 heterocycles. The molecule has 3 rings (SSSR count). The van der Waals surface area contributed by atoms with Gasteiger partial charge in [-0.3, -0.25) is 0 Å². The lowest BCUT2D eigenvalue weighted by Crippen LogP contribution is -2.25. The van der Waals surface area contributed by atoms with Crippen LogP contribution in [-0.4, -0.2) is 24.8 Å². The van der Waals surface area contributed by atoms with Crippen LogP contribution in [0.2, 0.25) is 0 Å². The molecule has 0 aromatic heterocycles. The number of sulfonamides is 1. The number of hydrogen-bond acceptors (Lipinski definition) is 2. The zero-order valence-electron chi connectivity index (χ0n) is 12.5. The van der Waals surface area contributed by atoms with E-state index in [4.69, 9.17) is 0 Å². The van der Waals surface area contributed by atoms with Crippen LogP contribution in [0, 0.1) is 6.92 Å². The molecule has 5 heteroatoms. The van der Waals surface area contributed by atoms with E-state index in [9.17, 15) is 8.42 Å². The predicted octanol–water partition coefficient (Wildman–Crippen LogP) is 3.89. The van der Waals surface area contributed by atoms with Gasteiger partial charge in [0.05, 0.1) is 15.3 Å². The van der Waals surface area contributed by atoms with Gasteiger partial charge in [-0.2, -0.15) is 4.31 Å². The molecule has 0 bridgehead atoms. The minimum Gasteiger partial charge on any atom is -0.207 e. The second-order valence-corrected chi connectivity index (χ2v) is 8.73. The molecule has 2 aromatic carbocycles. The highest BCUT2D eigenvalue weighted by Crippen LogP contribution is 2.50. The zero-order valence-corrected chi connectivity index (χ0v) is 14.9. The van der Waals surface area contributed by atoms with Crippen LogP contribution in [-0.2, 0) is 10.0 Å². The monoisotopic (exact) mass is 379 g/mol. The fourth-order valence-electron chi connectivity index (χ4n) is 2.64. The summed E-state index contributed by atoms with van der Waals surface area (Å²) in [5.74, 6) is 0. The third-order valence-corrected chi connectivity index (χ3v) is 7.69. The Morgan fingerprint density at radius 2 is 1.68 bits per heavy atom. The summed E-state index contributed by atoms with van der Waals surface area (Å²) in [7, 11) is -3.44. The van der Waals surface area contributed by atoms with Crippen molar-refractivity contribution in [1.29, 1.82) is 0 Å². The fourth-order valence-corrected chi connectivity index (χ4v) is 5.29. The normalized spacial score (nSPS) is 25.7. The van der Waals surface area contributed by atoms with Gasteiger partial charge in [-0.1, -0.05) is 64.0 Å². The molecule has 1 saturated heterocycles. The van der Waals surface area contributed by atoms with E-state index in [0.717, 1.165) is 11.1 Å². The van der Waals surface area contributed by atoms with E-state index in [1.165, 1.54) is 0 Å². The van der Waals surface area contributed by atoms with Crippen LogP contribution < -0.4 is 0 Å². The quantitative estimate of drug-likeness (QED) is 0.596. The molecule has 0 aliphatic carbocycles. The highest BCUT2D eigenvalue weighted by Gasteiger charge is 2.59. The maximum absolute atomic E-state index is 12.8. The third kappa shape index (κ3) is 2.62. The highest BCUT2D eigenvalue weighted by molar-refractivity contribution is 9.09. The topological polar surface area (TPSA) is 37.1 Å². The Morgan fingerprint density at radius 3 is 2.27 bits per heavy atom. The van der Waals surface area contributed by atoms with Gasteiger partial charge in [0, 0.05) is 6.54 Å². The number of nitrogens with zero attached hydrogens (tertiary/aromatic N) is 1. The van der Waals surface area contributed by atoms with Gasteiger partial charge in [0.15, 0.2) is 0 Å². The third-order valence-electron chi connectivity index (χ3n) is 4.18. The van der Waals surface area contributed by atoms with Crippen molar-refractivity contribution in [1.82, 2.24) is 4.31 Å². The number of halogens is 1. The smallest absolute Gasteiger partial charge is 0.207 e. The second-order valence-electron chi connectivity index (χ2n) is 5.96. The van der Waals surface area contributed by atoms with Crippen molar-refractivity contribution in [3.8, 4) is 0 Å². The molecule has 0 N–H and O–H groups in total. The second kappa shape index (κ2) is 5.48. The van der Waals surface area contributed by atoms with E-state index < -0.39 is 15.6 Å². The van der Waals surface area contributed by atoms with Crippen LogP contribution in [0.4, 0.5) is 0 Å². The molecule has 22 heavy (non-hydrogen) atoms. The summed E-state index contributed by atoms with van der Waals surface area (Å²) >= 11 is 3.68. The summed E-state index contributed by atoms with van der Waals surface area (Å²) < 4.78 is 27.1. The Bertz CT molecular complexity index is 774. The molecule has 1 aliphatic rings. The number of alkyl halides is 1. The van der Waals surface area contributed by atoms with Gasteiger partial charge in [-0.25, -0.2) is 8.42 Å². The van der Waals surface area contributed by atoms with Crippen molar-refractivity contribution in [2.75, 3.05) is 6.54 Å². The number of hydrogen-bond donors (Lipinski definition) is 0. The van der Waals surface area contributed by atoms with E-state index in [-0.39, 0.29) is 4.83 Å². The van der Waals surface area contributed by atoms with Crippen LogP contribution in [0.15, 0.2) is 59.5 Å². The molecule has 2 aromatic rings. The number of benzene rings is 2. The van der Waals surface area contributed by atoms with E-state index >= 15 is 0 Å². The van der Waals surface area contributed by atoms with E-state index in [1.54, 1.807) is 16.4 Å². The molecule has 3 atom stereocenters. The molecule has 116 valence electrons. The van der Waals surface area contributed by atoms with Gasteiger partial charge in [0.25, 0.3) is 0 Å². The minimum atomic E-state index is -3.44. The van der Waals surface area contributed by atoms with Gasteiger partial charge in [-0.15, -0.1) is 0 Å². The number of aryl methyl sites for hydroxylation is 1. The minimum absolute atomic E-state index is 0.0265.